The Balaban J connectivity index is 2.40. The molecule has 0 aromatic carbocycles. The van der Waals surface area contributed by atoms with E-state index in [-0.39, 0.29) is 11.3 Å². The smallest absolute Gasteiger partial charge is 0.156 e. The monoisotopic (exact) mass is 246 g/mol. The van der Waals surface area contributed by atoms with Crippen molar-refractivity contribution in [1.29, 1.82) is 5.26 Å². The number of rotatable bonds is 0. The fourth-order valence-electron chi connectivity index (χ4n) is 2.68. The largest absolute Gasteiger partial charge is 0.237 e. The number of halogens is 1. The summed E-state index contributed by atoms with van der Waals surface area (Å²) >= 11 is 5.91. The molecular weight excluding hydrogens is 236 g/mol. The van der Waals surface area contributed by atoms with Gasteiger partial charge < -0.3 is 0 Å². The third-order valence-corrected chi connectivity index (χ3v) is 3.55. The van der Waals surface area contributed by atoms with E-state index >= 15 is 0 Å². The van der Waals surface area contributed by atoms with Crippen molar-refractivity contribution in [2.75, 3.05) is 0 Å². The van der Waals surface area contributed by atoms with E-state index in [1.807, 2.05) is 0 Å². The highest BCUT2D eigenvalue weighted by Crippen LogP contribution is 2.45. The van der Waals surface area contributed by atoms with Crippen LogP contribution in [0, 0.1) is 11.3 Å². The zero-order valence-electron chi connectivity index (χ0n) is 9.61. The maximum atomic E-state index is 9.19. The van der Waals surface area contributed by atoms with Gasteiger partial charge in [-0.2, -0.15) is 10.4 Å². The van der Waals surface area contributed by atoms with Gasteiger partial charge in [-0.25, -0.2) is 9.50 Å². The maximum Gasteiger partial charge on any atom is 0.156 e. The lowest BCUT2D eigenvalue weighted by atomic mass is 9.89. The summed E-state index contributed by atoms with van der Waals surface area (Å²) < 4.78 is 1.77. The van der Waals surface area contributed by atoms with Crippen molar-refractivity contribution in [2.24, 2.45) is 0 Å². The van der Waals surface area contributed by atoms with Gasteiger partial charge in [0.1, 0.15) is 0 Å². The molecule has 0 saturated heterocycles. The highest BCUT2D eigenvalue weighted by Gasteiger charge is 2.40. The summed E-state index contributed by atoms with van der Waals surface area (Å²) in [7, 11) is 0. The van der Waals surface area contributed by atoms with Gasteiger partial charge in [0.15, 0.2) is 10.8 Å². The van der Waals surface area contributed by atoms with Crippen LogP contribution in [0.4, 0.5) is 0 Å². The number of aromatic nitrogens is 3. The van der Waals surface area contributed by atoms with E-state index in [4.69, 9.17) is 11.6 Å². The molecule has 1 unspecified atom stereocenters. The quantitative estimate of drug-likeness (QED) is 0.718. The van der Waals surface area contributed by atoms with Crippen molar-refractivity contribution in [1.82, 2.24) is 14.6 Å². The Morgan fingerprint density at radius 3 is 3.06 bits per heavy atom. The summed E-state index contributed by atoms with van der Waals surface area (Å²) in [5, 5.41) is 13.9. The van der Waals surface area contributed by atoms with Crippen LogP contribution in [0.3, 0.4) is 0 Å². The fraction of sp³-hybridized carbons (Fsp3) is 0.417. The van der Waals surface area contributed by atoms with Gasteiger partial charge in [-0.05, 0) is 6.42 Å². The lowest BCUT2D eigenvalue weighted by molar-refractivity contribution is 0.485. The molecule has 0 fully saturated rings. The Morgan fingerprint density at radius 2 is 2.35 bits per heavy atom. The number of hydrogen-bond acceptors (Lipinski definition) is 3. The lowest BCUT2D eigenvalue weighted by Gasteiger charge is -2.18. The minimum atomic E-state index is -0.0973. The molecule has 0 saturated carbocycles. The van der Waals surface area contributed by atoms with Crippen LogP contribution >= 0.6 is 11.6 Å². The first kappa shape index (κ1) is 10.5. The Labute approximate surface area is 104 Å². The lowest BCUT2D eigenvalue weighted by Crippen LogP contribution is -2.17. The second-order valence-electron chi connectivity index (χ2n) is 5.07. The van der Waals surface area contributed by atoms with Crippen LogP contribution in [-0.4, -0.2) is 14.6 Å². The zero-order chi connectivity index (χ0) is 12.2. The Hall–Kier alpha value is -1.60. The molecule has 0 bridgehead atoms. The molecule has 4 nitrogen and oxygen atoms in total. The van der Waals surface area contributed by atoms with Gasteiger partial charge in [0, 0.05) is 23.2 Å². The average molecular weight is 247 g/mol. The second kappa shape index (κ2) is 3.21. The average Bonchev–Trinajstić information content (AvgIpc) is 2.75. The molecule has 86 valence electrons. The normalized spacial score (nSPS) is 21.4. The van der Waals surface area contributed by atoms with Crippen LogP contribution in [0.2, 0.25) is 5.15 Å². The number of nitriles is 1. The van der Waals surface area contributed by atoms with Gasteiger partial charge in [0.05, 0.1) is 17.7 Å². The molecule has 1 aliphatic rings. The Bertz CT molecular complexity index is 650. The van der Waals surface area contributed by atoms with Crippen molar-refractivity contribution >= 4 is 17.2 Å². The van der Waals surface area contributed by atoms with Crippen LogP contribution in [-0.2, 0) is 5.41 Å². The highest BCUT2D eigenvalue weighted by atomic mass is 35.5. The maximum absolute atomic E-state index is 9.19. The molecule has 2 aromatic rings. The van der Waals surface area contributed by atoms with E-state index in [9.17, 15) is 5.26 Å². The van der Waals surface area contributed by atoms with Gasteiger partial charge in [-0.1, -0.05) is 25.4 Å². The number of fused-ring (bicyclic) bond motifs is 3. The molecule has 0 N–H and O–H groups in total. The molecule has 1 aliphatic carbocycles. The van der Waals surface area contributed by atoms with E-state index < -0.39 is 0 Å². The van der Waals surface area contributed by atoms with E-state index in [0.717, 1.165) is 23.3 Å². The predicted molar refractivity (Wildman–Crippen MR) is 64.0 cm³/mol. The third-order valence-electron chi connectivity index (χ3n) is 3.37. The van der Waals surface area contributed by atoms with Crippen LogP contribution in [0.5, 0.6) is 0 Å². The molecule has 0 spiro atoms. The molecule has 2 aromatic heterocycles. The van der Waals surface area contributed by atoms with Crippen LogP contribution < -0.4 is 0 Å². The van der Waals surface area contributed by atoms with E-state index in [1.54, 1.807) is 16.8 Å². The molecule has 17 heavy (non-hydrogen) atoms. The molecule has 3 rings (SSSR count). The summed E-state index contributed by atoms with van der Waals surface area (Å²) in [6.07, 6.45) is 2.59. The standard InChI is InChI=1S/C12H11ClN4/c1-12(2)4-7(5-14)8-6-15-10-3-9(13)16-17(10)11(8)12/h3,6-7H,4H2,1-2H3. The Morgan fingerprint density at radius 1 is 1.59 bits per heavy atom. The van der Waals surface area contributed by atoms with Crippen molar-refractivity contribution < 1.29 is 0 Å². The molecular formula is C12H11ClN4. The molecule has 0 amide bonds. The Kier molecular flexibility index (Phi) is 1.99. The summed E-state index contributed by atoms with van der Waals surface area (Å²) in [4.78, 5) is 4.30. The number of hydrogen-bond donors (Lipinski definition) is 0. The molecule has 1 atom stereocenters. The van der Waals surface area contributed by atoms with Crippen LogP contribution in [0.1, 0.15) is 37.4 Å². The van der Waals surface area contributed by atoms with Crippen LogP contribution in [0.15, 0.2) is 12.3 Å². The molecule has 2 heterocycles. The highest BCUT2D eigenvalue weighted by molar-refractivity contribution is 6.29. The van der Waals surface area contributed by atoms with E-state index in [2.05, 4.69) is 30.0 Å². The molecule has 0 aliphatic heterocycles. The summed E-state index contributed by atoms with van der Waals surface area (Å²) in [5.74, 6) is -0.0973. The number of nitrogens with zero attached hydrogens (tertiary/aromatic N) is 4. The van der Waals surface area contributed by atoms with E-state index in [0.29, 0.717) is 5.15 Å². The zero-order valence-corrected chi connectivity index (χ0v) is 10.4. The minimum Gasteiger partial charge on any atom is -0.237 e. The summed E-state index contributed by atoms with van der Waals surface area (Å²) in [6, 6.07) is 4.07. The molecule has 0 radical (unpaired) electrons. The van der Waals surface area contributed by atoms with Crippen molar-refractivity contribution in [2.45, 2.75) is 31.6 Å². The fourth-order valence-corrected chi connectivity index (χ4v) is 2.86. The first-order valence-electron chi connectivity index (χ1n) is 5.47. The van der Waals surface area contributed by atoms with Crippen molar-refractivity contribution in [3.8, 4) is 6.07 Å². The summed E-state index contributed by atoms with van der Waals surface area (Å²) in [6.45, 7) is 4.25. The van der Waals surface area contributed by atoms with Gasteiger partial charge in [-0.15, -0.1) is 0 Å². The first-order chi connectivity index (χ1) is 8.03. The van der Waals surface area contributed by atoms with Gasteiger partial charge in [0.2, 0.25) is 0 Å². The third kappa shape index (κ3) is 1.36. The van der Waals surface area contributed by atoms with Crippen LogP contribution in [0.25, 0.3) is 5.65 Å². The van der Waals surface area contributed by atoms with Gasteiger partial charge in [-0.3, -0.25) is 0 Å². The molecule has 5 heteroatoms. The topological polar surface area (TPSA) is 54.0 Å². The van der Waals surface area contributed by atoms with Gasteiger partial charge >= 0.3 is 0 Å². The van der Waals surface area contributed by atoms with Gasteiger partial charge in [0.25, 0.3) is 0 Å². The minimum absolute atomic E-state index is 0.0771. The first-order valence-corrected chi connectivity index (χ1v) is 5.85. The summed E-state index contributed by atoms with van der Waals surface area (Å²) in [5.41, 5.74) is 2.69. The predicted octanol–water partition coefficient (Wildman–Crippen LogP) is 2.67. The van der Waals surface area contributed by atoms with E-state index in [1.165, 1.54) is 0 Å². The van der Waals surface area contributed by atoms with Crippen molar-refractivity contribution in [3.05, 3.63) is 28.7 Å². The second-order valence-corrected chi connectivity index (χ2v) is 5.46. The van der Waals surface area contributed by atoms with Crippen molar-refractivity contribution in [3.63, 3.8) is 0 Å². The SMILES string of the molecule is CC1(C)CC(C#N)c2cnc3cc(Cl)nn3c21.